The van der Waals surface area contributed by atoms with Crippen LogP contribution >= 0.6 is 43.6 Å². The van der Waals surface area contributed by atoms with E-state index in [-0.39, 0.29) is 38.6 Å². The molecule has 0 aromatic heterocycles. The molecule has 1 unspecified atom stereocenters. The van der Waals surface area contributed by atoms with E-state index in [0.29, 0.717) is 33.8 Å². The molecular weight excluding hydrogens is 545 g/mol. The Kier molecular flexibility index (Phi) is 9.96. The van der Waals surface area contributed by atoms with E-state index >= 15 is 0 Å². The predicted molar refractivity (Wildman–Crippen MR) is 94.9 cm³/mol. The summed E-state index contributed by atoms with van der Waals surface area (Å²) in [6.45, 7) is -0.652. The van der Waals surface area contributed by atoms with Crippen LogP contribution < -0.4 is 4.74 Å². The maximum atomic E-state index is 12.8. The second-order valence-electron chi connectivity index (χ2n) is 4.73. The number of hydrogen-bond donors (Lipinski definition) is 0. The van der Waals surface area contributed by atoms with Gasteiger partial charge < -0.3 is 9.64 Å². The zero-order valence-electron chi connectivity index (χ0n) is 12.8. The number of ether oxygens (including phenoxy) is 1. The van der Waals surface area contributed by atoms with Gasteiger partial charge >= 0.3 is 0 Å². The Morgan fingerprint density at radius 2 is 2.21 bits per heavy atom. The summed E-state index contributed by atoms with van der Waals surface area (Å²) in [4.78, 5) is 12.8. The van der Waals surface area contributed by atoms with E-state index in [9.17, 15) is 13.6 Å². The van der Waals surface area contributed by atoms with Crippen molar-refractivity contribution >= 4 is 55.2 Å². The molecule has 24 heavy (non-hydrogen) atoms. The van der Waals surface area contributed by atoms with Crippen molar-refractivity contribution in [1.82, 2.24) is 4.90 Å². The van der Waals surface area contributed by atoms with Gasteiger partial charge in [0, 0.05) is 32.7 Å². The molecule has 1 aromatic carbocycles. The third kappa shape index (κ3) is 5.76. The van der Waals surface area contributed by atoms with Gasteiger partial charge in [0.25, 0.3) is 6.43 Å². The topological polar surface area (TPSA) is 29.5 Å². The number of thioether (sulfide) groups is 1. The van der Waals surface area contributed by atoms with Crippen LogP contribution in [0.1, 0.15) is 12.0 Å². The number of carbonyl (C=O) groups excluding carboxylic acids is 1. The van der Waals surface area contributed by atoms with Gasteiger partial charge in [-0.15, -0.1) is 29.1 Å². The normalized spacial score (nSPS) is 17.6. The largest absolute Gasteiger partial charge is 0.483 e. The molecule has 129 valence electrons. The number of allylic oxidation sites excluding steroid dienone is 1. The SMILES string of the molecule is CSCOc1ccc(C2=[C-]CC(Br)C(=O)N2CC(F)F)c(Br)c1.[Y]. The molecule has 1 atom stereocenters. The third-order valence-corrected chi connectivity index (χ3v) is 4.84. The van der Waals surface area contributed by atoms with Gasteiger partial charge in [-0.3, -0.25) is 4.79 Å². The summed E-state index contributed by atoms with van der Waals surface area (Å²) in [5.74, 6) is 0.798. The van der Waals surface area contributed by atoms with Crippen LogP contribution in [0.2, 0.25) is 0 Å². The van der Waals surface area contributed by atoms with Gasteiger partial charge in [-0.1, -0.05) is 42.8 Å². The standard InChI is InChI=1S/C15H14Br2F2NO2S.Y/c1-23-8-22-9-2-3-10(12(17)6-9)13-5-4-11(16)15(21)20(13)7-14(18)19;/h2-3,6,11,14H,4,7-8H2,1H3;/q-1;. The first-order valence-electron chi connectivity index (χ1n) is 6.70. The van der Waals surface area contributed by atoms with Crippen LogP contribution in [0.4, 0.5) is 8.78 Å². The fourth-order valence-corrected chi connectivity index (χ4v) is 3.32. The fraction of sp³-hybridized carbons (Fsp3) is 0.400. The number of nitrogens with zero attached hydrogens (tertiary/aromatic N) is 1. The fourth-order valence-electron chi connectivity index (χ4n) is 2.11. The Hall–Kier alpha value is 0.504. The maximum Gasteiger partial charge on any atom is 0.256 e. The number of alkyl halides is 3. The second-order valence-corrected chi connectivity index (χ2v) is 7.50. The molecule has 9 heteroatoms. The van der Waals surface area contributed by atoms with Crippen molar-refractivity contribution in [2.75, 3.05) is 18.7 Å². The first-order valence-corrected chi connectivity index (χ1v) is 9.80. The van der Waals surface area contributed by atoms with Crippen LogP contribution in [0, 0.1) is 6.08 Å². The molecule has 0 fully saturated rings. The minimum Gasteiger partial charge on any atom is -0.483 e. The summed E-state index contributed by atoms with van der Waals surface area (Å²) >= 11 is 8.16. The number of carbonyl (C=O) groups is 1. The summed E-state index contributed by atoms with van der Waals surface area (Å²) in [5, 5.41) is 0. The summed E-state index contributed by atoms with van der Waals surface area (Å²) in [6.07, 6.45) is 2.69. The van der Waals surface area contributed by atoms with E-state index in [0.717, 1.165) is 4.90 Å². The van der Waals surface area contributed by atoms with Gasteiger partial charge in [-0.05, 0) is 18.4 Å². The maximum absolute atomic E-state index is 12.8. The average molecular weight is 559 g/mol. The molecule has 1 amide bonds. The van der Waals surface area contributed by atoms with E-state index in [1.54, 1.807) is 30.0 Å². The van der Waals surface area contributed by atoms with Crippen LogP contribution in [0.25, 0.3) is 5.70 Å². The van der Waals surface area contributed by atoms with Crippen molar-refractivity contribution in [2.24, 2.45) is 0 Å². The van der Waals surface area contributed by atoms with Crippen molar-refractivity contribution in [2.45, 2.75) is 17.7 Å². The Morgan fingerprint density at radius 1 is 1.50 bits per heavy atom. The van der Waals surface area contributed by atoms with E-state index in [1.165, 1.54) is 0 Å². The predicted octanol–water partition coefficient (Wildman–Crippen LogP) is 4.55. The molecule has 0 aliphatic carbocycles. The molecule has 1 aromatic rings. The molecule has 1 heterocycles. The van der Waals surface area contributed by atoms with Crippen LogP contribution in [0.5, 0.6) is 5.75 Å². The molecule has 1 aliphatic rings. The summed E-state index contributed by atoms with van der Waals surface area (Å²) < 4.78 is 31.8. The first-order chi connectivity index (χ1) is 10.9. The average Bonchev–Trinajstić information content (AvgIpc) is 2.50. The molecule has 1 aliphatic heterocycles. The smallest absolute Gasteiger partial charge is 0.256 e. The van der Waals surface area contributed by atoms with Gasteiger partial charge in [0.15, 0.2) is 0 Å². The Morgan fingerprint density at radius 3 is 2.79 bits per heavy atom. The Balaban J connectivity index is 0.00000288. The zero-order chi connectivity index (χ0) is 17.0. The van der Waals surface area contributed by atoms with Crippen molar-refractivity contribution in [3.8, 4) is 5.75 Å². The minimum atomic E-state index is -2.61. The molecule has 0 spiro atoms. The third-order valence-electron chi connectivity index (χ3n) is 3.11. The van der Waals surface area contributed by atoms with Gasteiger partial charge in [-0.2, -0.15) is 0 Å². The molecule has 3 nitrogen and oxygen atoms in total. The molecule has 1 radical (unpaired) electrons. The van der Waals surface area contributed by atoms with Crippen LogP contribution in [-0.2, 0) is 37.5 Å². The summed E-state index contributed by atoms with van der Waals surface area (Å²) in [5.41, 5.74) is 1.00. The van der Waals surface area contributed by atoms with Crippen molar-refractivity contribution in [3.63, 3.8) is 0 Å². The van der Waals surface area contributed by atoms with Crippen LogP contribution in [0.3, 0.4) is 0 Å². The number of amides is 1. The number of benzene rings is 1. The van der Waals surface area contributed by atoms with Crippen molar-refractivity contribution < 1.29 is 51.0 Å². The second kappa shape index (κ2) is 10.6. The molecule has 0 bridgehead atoms. The van der Waals surface area contributed by atoms with Gasteiger partial charge in [0.2, 0.25) is 5.91 Å². The van der Waals surface area contributed by atoms with Gasteiger partial charge in [-0.25, -0.2) is 14.9 Å². The zero-order valence-corrected chi connectivity index (χ0v) is 19.6. The van der Waals surface area contributed by atoms with E-state index in [1.807, 2.05) is 6.26 Å². The molecule has 0 saturated heterocycles. The van der Waals surface area contributed by atoms with Gasteiger partial charge in [0.1, 0.15) is 11.7 Å². The molecule has 2 rings (SSSR count). The summed E-state index contributed by atoms with van der Waals surface area (Å²) in [6, 6.07) is 5.24. The number of hydrogen-bond acceptors (Lipinski definition) is 3. The van der Waals surface area contributed by atoms with Crippen molar-refractivity contribution in [1.29, 1.82) is 0 Å². The van der Waals surface area contributed by atoms with Crippen LogP contribution in [0.15, 0.2) is 22.7 Å². The van der Waals surface area contributed by atoms with E-state index < -0.39 is 17.8 Å². The molecular formula is C15H14Br2F2NO2SY-. The quantitative estimate of drug-likeness (QED) is 0.291. The Bertz CT molecular complexity index is 619. The Labute approximate surface area is 186 Å². The van der Waals surface area contributed by atoms with Crippen molar-refractivity contribution in [3.05, 3.63) is 34.3 Å². The first kappa shape index (κ1) is 22.5. The van der Waals surface area contributed by atoms with E-state index in [2.05, 4.69) is 37.9 Å². The monoisotopic (exact) mass is 557 g/mol. The number of rotatable bonds is 6. The van der Waals surface area contributed by atoms with E-state index in [4.69, 9.17) is 4.74 Å². The minimum absolute atomic E-state index is 0. The van der Waals surface area contributed by atoms with Crippen LogP contribution in [-0.4, -0.2) is 40.8 Å². The molecule has 0 N–H and O–H groups in total. The molecule has 0 saturated carbocycles. The summed E-state index contributed by atoms with van der Waals surface area (Å²) in [7, 11) is 0. The van der Waals surface area contributed by atoms with Gasteiger partial charge in [0.05, 0.1) is 11.4 Å². The number of halogens is 4.